The van der Waals surface area contributed by atoms with Crippen molar-refractivity contribution in [2.24, 2.45) is 0 Å². The van der Waals surface area contributed by atoms with E-state index in [0.29, 0.717) is 5.92 Å². The molecule has 1 atom stereocenters. The summed E-state index contributed by atoms with van der Waals surface area (Å²) >= 11 is 1.37. The van der Waals surface area contributed by atoms with Gasteiger partial charge in [-0.25, -0.2) is 9.37 Å². The molecule has 1 unspecified atom stereocenters. The fourth-order valence-corrected chi connectivity index (χ4v) is 3.29. The molecule has 1 aliphatic carbocycles. The lowest BCUT2D eigenvalue weighted by atomic mass is 9.99. The van der Waals surface area contributed by atoms with Crippen molar-refractivity contribution < 1.29 is 4.39 Å². The van der Waals surface area contributed by atoms with E-state index < -0.39 is 0 Å². The van der Waals surface area contributed by atoms with Crippen LogP contribution in [0.15, 0.2) is 54.6 Å². The first-order valence-electron chi connectivity index (χ1n) is 7.70. The Kier molecular flexibility index (Phi) is 3.79. The van der Waals surface area contributed by atoms with Gasteiger partial charge in [0.05, 0.1) is 6.04 Å². The van der Waals surface area contributed by atoms with E-state index >= 15 is 0 Å². The first kappa shape index (κ1) is 14.3. The lowest BCUT2D eigenvalue weighted by Gasteiger charge is -2.19. The highest BCUT2D eigenvalue weighted by Gasteiger charge is 2.28. The van der Waals surface area contributed by atoms with Crippen molar-refractivity contribution in [3.05, 3.63) is 77.4 Å². The zero-order valence-corrected chi connectivity index (χ0v) is 13.3. The van der Waals surface area contributed by atoms with Crippen molar-refractivity contribution in [1.29, 1.82) is 0 Å². The van der Waals surface area contributed by atoms with E-state index in [-0.39, 0.29) is 11.9 Å². The van der Waals surface area contributed by atoms with Crippen LogP contribution in [0.25, 0.3) is 0 Å². The molecule has 1 saturated carbocycles. The normalized spacial score (nSPS) is 15.3. The van der Waals surface area contributed by atoms with Gasteiger partial charge in [-0.2, -0.15) is 4.37 Å². The minimum Gasteiger partial charge on any atom is -0.349 e. The number of rotatable bonds is 5. The summed E-state index contributed by atoms with van der Waals surface area (Å²) in [6, 6.07) is 16.5. The molecule has 1 aliphatic rings. The van der Waals surface area contributed by atoms with E-state index in [1.807, 2.05) is 36.4 Å². The molecule has 1 heterocycles. The van der Waals surface area contributed by atoms with Gasteiger partial charge >= 0.3 is 0 Å². The van der Waals surface area contributed by atoms with Gasteiger partial charge in [-0.05, 0) is 36.1 Å². The van der Waals surface area contributed by atoms with Crippen LogP contribution in [0.2, 0.25) is 0 Å². The fraction of sp³-hybridized carbons (Fsp3) is 0.222. The number of hydrogen-bond donors (Lipinski definition) is 1. The zero-order valence-electron chi connectivity index (χ0n) is 12.4. The summed E-state index contributed by atoms with van der Waals surface area (Å²) in [5, 5.41) is 4.20. The number of nitrogens with one attached hydrogen (secondary N) is 1. The van der Waals surface area contributed by atoms with E-state index in [4.69, 9.17) is 0 Å². The molecule has 0 spiro atoms. The van der Waals surface area contributed by atoms with E-state index in [1.54, 1.807) is 12.1 Å². The molecule has 0 saturated heterocycles. The Balaban J connectivity index is 1.66. The van der Waals surface area contributed by atoms with Gasteiger partial charge in [-0.1, -0.05) is 42.5 Å². The SMILES string of the molecule is Fc1cccc(C(Nc2nc(C3CC3)ns2)c2ccccc2)c1. The molecule has 1 aromatic heterocycles. The monoisotopic (exact) mass is 325 g/mol. The lowest BCUT2D eigenvalue weighted by molar-refractivity contribution is 0.624. The standard InChI is InChI=1S/C18H16FN3S/c19-15-8-4-7-14(11-15)16(12-5-2-1-3-6-12)20-18-21-17(22-23-18)13-9-10-13/h1-8,11,13,16H,9-10H2,(H,20,21,22). The second-order valence-corrected chi connectivity index (χ2v) is 6.53. The van der Waals surface area contributed by atoms with E-state index in [0.717, 1.165) is 22.1 Å². The Labute approximate surface area is 138 Å². The summed E-state index contributed by atoms with van der Waals surface area (Å²) in [5.41, 5.74) is 1.95. The summed E-state index contributed by atoms with van der Waals surface area (Å²) in [5.74, 6) is 1.23. The number of anilines is 1. The number of hydrogen-bond acceptors (Lipinski definition) is 4. The molecule has 0 aliphatic heterocycles. The van der Waals surface area contributed by atoms with E-state index in [1.165, 1.54) is 30.4 Å². The quantitative estimate of drug-likeness (QED) is 0.735. The first-order valence-corrected chi connectivity index (χ1v) is 8.47. The predicted octanol–water partition coefficient (Wildman–Crippen LogP) is 4.76. The molecule has 2 aromatic carbocycles. The fourth-order valence-electron chi connectivity index (χ4n) is 2.62. The maximum absolute atomic E-state index is 13.6. The third-order valence-electron chi connectivity index (χ3n) is 3.97. The molecule has 23 heavy (non-hydrogen) atoms. The third kappa shape index (κ3) is 3.24. The maximum Gasteiger partial charge on any atom is 0.203 e. The second-order valence-electron chi connectivity index (χ2n) is 5.78. The molecule has 1 N–H and O–H groups in total. The molecular weight excluding hydrogens is 309 g/mol. The van der Waals surface area contributed by atoms with Crippen LogP contribution in [0.1, 0.15) is 41.8 Å². The Bertz CT molecular complexity index is 799. The molecule has 5 heteroatoms. The van der Waals surface area contributed by atoms with Crippen molar-refractivity contribution in [2.75, 3.05) is 5.32 Å². The van der Waals surface area contributed by atoms with Crippen LogP contribution >= 0.6 is 11.5 Å². The number of nitrogens with zero attached hydrogens (tertiary/aromatic N) is 2. The van der Waals surface area contributed by atoms with Crippen LogP contribution in [-0.4, -0.2) is 9.36 Å². The van der Waals surface area contributed by atoms with Gasteiger partial charge in [0.2, 0.25) is 5.13 Å². The highest BCUT2D eigenvalue weighted by molar-refractivity contribution is 7.09. The van der Waals surface area contributed by atoms with Gasteiger partial charge in [0, 0.05) is 17.5 Å². The summed E-state index contributed by atoms with van der Waals surface area (Å²) in [7, 11) is 0. The summed E-state index contributed by atoms with van der Waals surface area (Å²) in [6.07, 6.45) is 2.37. The van der Waals surface area contributed by atoms with Crippen LogP contribution in [0.3, 0.4) is 0 Å². The van der Waals surface area contributed by atoms with Crippen LogP contribution in [0, 0.1) is 5.82 Å². The van der Waals surface area contributed by atoms with Crippen molar-refractivity contribution in [2.45, 2.75) is 24.8 Å². The lowest BCUT2D eigenvalue weighted by Crippen LogP contribution is -2.12. The molecule has 3 aromatic rings. The van der Waals surface area contributed by atoms with E-state index in [9.17, 15) is 4.39 Å². The van der Waals surface area contributed by atoms with E-state index in [2.05, 4.69) is 14.7 Å². The number of aromatic nitrogens is 2. The van der Waals surface area contributed by atoms with Gasteiger partial charge in [0.25, 0.3) is 0 Å². The molecule has 116 valence electrons. The molecular formula is C18H16FN3S. The first-order chi connectivity index (χ1) is 11.3. The second kappa shape index (κ2) is 6.08. The van der Waals surface area contributed by atoms with Crippen molar-refractivity contribution in [1.82, 2.24) is 9.36 Å². The maximum atomic E-state index is 13.6. The van der Waals surface area contributed by atoms with Crippen LogP contribution in [0.4, 0.5) is 9.52 Å². The van der Waals surface area contributed by atoms with Gasteiger partial charge < -0.3 is 5.32 Å². The minimum atomic E-state index is -0.235. The molecule has 0 amide bonds. The molecule has 4 rings (SSSR count). The van der Waals surface area contributed by atoms with Gasteiger partial charge in [-0.3, -0.25) is 0 Å². The molecule has 0 radical (unpaired) electrons. The highest BCUT2D eigenvalue weighted by atomic mass is 32.1. The largest absolute Gasteiger partial charge is 0.349 e. The molecule has 3 nitrogen and oxygen atoms in total. The average molecular weight is 325 g/mol. The third-order valence-corrected chi connectivity index (χ3v) is 4.63. The Morgan fingerprint density at radius 2 is 1.83 bits per heavy atom. The van der Waals surface area contributed by atoms with Gasteiger partial charge in [-0.15, -0.1) is 0 Å². The van der Waals surface area contributed by atoms with Crippen molar-refractivity contribution in [3.8, 4) is 0 Å². The van der Waals surface area contributed by atoms with Crippen LogP contribution in [-0.2, 0) is 0 Å². The van der Waals surface area contributed by atoms with Crippen LogP contribution < -0.4 is 5.32 Å². The summed E-state index contributed by atoms with van der Waals surface area (Å²) < 4.78 is 18.1. The topological polar surface area (TPSA) is 37.8 Å². The van der Waals surface area contributed by atoms with Crippen molar-refractivity contribution in [3.63, 3.8) is 0 Å². The number of halogens is 1. The summed E-state index contributed by atoms with van der Waals surface area (Å²) in [6.45, 7) is 0. The van der Waals surface area contributed by atoms with Gasteiger partial charge in [0.1, 0.15) is 11.6 Å². The molecule has 0 bridgehead atoms. The molecule has 1 fully saturated rings. The van der Waals surface area contributed by atoms with Crippen molar-refractivity contribution >= 4 is 16.7 Å². The summed E-state index contributed by atoms with van der Waals surface area (Å²) in [4.78, 5) is 4.59. The zero-order chi connectivity index (χ0) is 15.6. The Hall–Kier alpha value is -2.27. The Morgan fingerprint density at radius 1 is 1.04 bits per heavy atom. The predicted molar refractivity (Wildman–Crippen MR) is 90.2 cm³/mol. The minimum absolute atomic E-state index is 0.146. The average Bonchev–Trinajstić information content (AvgIpc) is 3.33. The Morgan fingerprint density at radius 3 is 2.57 bits per heavy atom. The van der Waals surface area contributed by atoms with Gasteiger partial charge in [0.15, 0.2) is 0 Å². The van der Waals surface area contributed by atoms with Crippen LogP contribution in [0.5, 0.6) is 0 Å². The highest BCUT2D eigenvalue weighted by Crippen LogP contribution is 2.39. The smallest absolute Gasteiger partial charge is 0.203 e. The number of benzene rings is 2.